The Hall–Kier alpha value is -3.22. The van der Waals surface area contributed by atoms with Crippen molar-refractivity contribution in [3.05, 3.63) is 95.3 Å². The highest BCUT2D eigenvalue weighted by Gasteiger charge is 2.13. The molecular weight excluding hydrogens is 420 g/mol. The second-order valence-electron chi connectivity index (χ2n) is 6.78. The Morgan fingerprint density at radius 3 is 2.37 bits per heavy atom. The first kappa shape index (κ1) is 20.1. The number of carbonyl (C=O) groups is 1. The van der Waals surface area contributed by atoms with Gasteiger partial charge in [0, 0.05) is 28.6 Å². The van der Waals surface area contributed by atoms with Crippen LogP contribution in [0, 0.1) is 0 Å². The molecule has 2 aromatic carbocycles. The summed E-state index contributed by atoms with van der Waals surface area (Å²) in [7, 11) is -3.31. The molecule has 0 radical (unpaired) electrons. The fourth-order valence-corrected chi connectivity index (χ4v) is 3.87. The Morgan fingerprint density at radius 1 is 1.00 bits per heavy atom. The minimum atomic E-state index is -3.31. The number of sulfone groups is 1. The van der Waals surface area contributed by atoms with E-state index in [2.05, 4.69) is 0 Å². The highest BCUT2D eigenvalue weighted by molar-refractivity contribution is 7.90. The lowest BCUT2D eigenvalue weighted by molar-refractivity contribution is 0.104. The van der Waals surface area contributed by atoms with Gasteiger partial charge in [0.2, 0.25) is 0 Å². The molecule has 30 heavy (non-hydrogen) atoms. The van der Waals surface area contributed by atoms with Gasteiger partial charge in [0.25, 0.3) is 0 Å². The van der Waals surface area contributed by atoms with Crippen molar-refractivity contribution in [3.63, 3.8) is 0 Å². The van der Waals surface area contributed by atoms with Crippen LogP contribution in [0.15, 0.2) is 83.9 Å². The Balaban J connectivity index is 1.72. The lowest BCUT2D eigenvalue weighted by atomic mass is 10.1. The highest BCUT2D eigenvalue weighted by atomic mass is 35.5. The van der Waals surface area contributed by atoms with Gasteiger partial charge in [0.1, 0.15) is 5.65 Å². The van der Waals surface area contributed by atoms with Crippen LogP contribution < -0.4 is 0 Å². The monoisotopic (exact) mass is 436 g/mol. The molecule has 0 N–H and O–H groups in total. The van der Waals surface area contributed by atoms with E-state index >= 15 is 0 Å². The normalized spacial score (nSPS) is 11.9. The van der Waals surface area contributed by atoms with Gasteiger partial charge in [-0.1, -0.05) is 29.8 Å². The molecule has 0 fully saturated rings. The van der Waals surface area contributed by atoms with Gasteiger partial charge in [-0.3, -0.25) is 9.20 Å². The summed E-state index contributed by atoms with van der Waals surface area (Å²) < 4.78 is 25.1. The second-order valence-corrected chi connectivity index (χ2v) is 9.23. The Morgan fingerprint density at radius 2 is 1.70 bits per heavy atom. The van der Waals surface area contributed by atoms with Gasteiger partial charge in [-0.05, 0) is 60.7 Å². The van der Waals surface area contributed by atoms with Gasteiger partial charge in [-0.25, -0.2) is 13.4 Å². The topological polar surface area (TPSA) is 68.5 Å². The molecule has 0 aliphatic carbocycles. The smallest absolute Gasteiger partial charge is 0.185 e. The zero-order valence-electron chi connectivity index (χ0n) is 16.0. The molecule has 0 aliphatic heterocycles. The molecule has 0 aliphatic rings. The van der Waals surface area contributed by atoms with Crippen molar-refractivity contribution in [3.8, 4) is 11.3 Å². The Bertz CT molecular complexity index is 1370. The number of allylic oxidation sites excluding steroid dienone is 1. The van der Waals surface area contributed by atoms with E-state index in [1.807, 2.05) is 40.9 Å². The molecule has 4 aromatic rings. The highest BCUT2D eigenvalue weighted by Crippen LogP contribution is 2.27. The van der Waals surface area contributed by atoms with Crippen molar-refractivity contribution in [2.45, 2.75) is 4.90 Å². The van der Waals surface area contributed by atoms with Crippen molar-refractivity contribution >= 4 is 38.9 Å². The predicted octanol–water partition coefficient (Wildman–Crippen LogP) is 4.95. The van der Waals surface area contributed by atoms with Crippen molar-refractivity contribution in [1.29, 1.82) is 0 Å². The van der Waals surface area contributed by atoms with Crippen LogP contribution in [0.4, 0.5) is 0 Å². The van der Waals surface area contributed by atoms with E-state index in [9.17, 15) is 13.2 Å². The summed E-state index contributed by atoms with van der Waals surface area (Å²) in [4.78, 5) is 17.5. The van der Waals surface area contributed by atoms with Crippen LogP contribution in [0.2, 0.25) is 5.02 Å². The largest absolute Gasteiger partial charge is 0.300 e. The maximum Gasteiger partial charge on any atom is 0.185 e. The molecule has 7 heteroatoms. The fourth-order valence-electron chi connectivity index (χ4n) is 3.11. The molecule has 2 heterocycles. The lowest BCUT2D eigenvalue weighted by Crippen LogP contribution is -1.99. The van der Waals surface area contributed by atoms with E-state index in [1.54, 1.807) is 18.2 Å². The number of hydrogen-bond donors (Lipinski definition) is 0. The first-order chi connectivity index (χ1) is 14.3. The maximum absolute atomic E-state index is 12.6. The van der Waals surface area contributed by atoms with E-state index in [4.69, 9.17) is 16.6 Å². The minimum absolute atomic E-state index is 0.176. The molecular formula is C23H17ClN2O3S. The number of carbonyl (C=O) groups excluding carboxylic acids is 1. The van der Waals surface area contributed by atoms with Crippen molar-refractivity contribution in [2.75, 3.05) is 6.26 Å². The number of pyridine rings is 1. The number of imidazole rings is 1. The zero-order valence-corrected chi connectivity index (χ0v) is 17.6. The van der Waals surface area contributed by atoms with E-state index in [0.717, 1.165) is 28.9 Å². The average molecular weight is 437 g/mol. The van der Waals surface area contributed by atoms with Crippen LogP contribution >= 0.6 is 11.6 Å². The van der Waals surface area contributed by atoms with Gasteiger partial charge in [-0.2, -0.15) is 0 Å². The van der Waals surface area contributed by atoms with Crippen LogP contribution in [0.1, 0.15) is 16.1 Å². The summed E-state index contributed by atoms with van der Waals surface area (Å²) in [6, 6.07) is 18.9. The van der Waals surface area contributed by atoms with Gasteiger partial charge in [0.15, 0.2) is 15.6 Å². The summed E-state index contributed by atoms with van der Waals surface area (Å²) in [5.74, 6) is -0.233. The third-order valence-corrected chi connectivity index (χ3v) is 6.02. The molecule has 2 aromatic heterocycles. The van der Waals surface area contributed by atoms with Crippen LogP contribution in [-0.2, 0) is 9.84 Å². The standard InChI is InChI=1S/C23H17ClN2O3S/c1-30(28,29)19-11-7-16(8-12-19)21(27)14-13-20-23(17-5-9-18(24)10-6-17)25-22-4-2-3-15-26(20)22/h2-15H,1H3/b14-13+. The maximum atomic E-state index is 12.6. The Kier molecular flexibility index (Phi) is 5.28. The lowest BCUT2D eigenvalue weighted by Gasteiger charge is -2.02. The fraction of sp³-hybridized carbons (Fsp3) is 0.0435. The average Bonchev–Trinajstić information content (AvgIpc) is 3.10. The first-order valence-electron chi connectivity index (χ1n) is 9.08. The molecule has 0 saturated carbocycles. The molecule has 0 amide bonds. The van der Waals surface area contributed by atoms with Gasteiger partial charge in [0.05, 0.1) is 16.3 Å². The third-order valence-electron chi connectivity index (χ3n) is 4.64. The number of nitrogens with zero attached hydrogens (tertiary/aromatic N) is 2. The third kappa shape index (κ3) is 4.06. The summed E-state index contributed by atoms with van der Waals surface area (Å²) >= 11 is 6.01. The zero-order chi connectivity index (χ0) is 21.3. The molecule has 0 saturated heterocycles. The summed E-state index contributed by atoms with van der Waals surface area (Å²) in [6.07, 6.45) is 6.20. The van der Waals surface area contributed by atoms with Crippen LogP contribution in [-0.4, -0.2) is 29.8 Å². The van der Waals surface area contributed by atoms with Gasteiger partial charge >= 0.3 is 0 Å². The number of hydrogen-bond acceptors (Lipinski definition) is 4. The number of fused-ring (bicyclic) bond motifs is 1. The quantitative estimate of drug-likeness (QED) is 0.327. The molecule has 0 atom stereocenters. The van der Waals surface area contributed by atoms with E-state index in [1.165, 1.54) is 30.3 Å². The van der Waals surface area contributed by atoms with Crippen molar-refractivity contribution < 1.29 is 13.2 Å². The number of benzene rings is 2. The van der Waals surface area contributed by atoms with Crippen LogP contribution in [0.5, 0.6) is 0 Å². The van der Waals surface area contributed by atoms with E-state index in [-0.39, 0.29) is 10.7 Å². The number of ketones is 1. The summed E-state index contributed by atoms with van der Waals surface area (Å²) in [5, 5.41) is 0.632. The van der Waals surface area contributed by atoms with Gasteiger partial charge in [-0.15, -0.1) is 0 Å². The number of rotatable bonds is 5. The molecule has 0 unspecified atom stereocenters. The van der Waals surface area contributed by atoms with Crippen molar-refractivity contribution in [2.24, 2.45) is 0 Å². The predicted molar refractivity (Wildman–Crippen MR) is 119 cm³/mol. The SMILES string of the molecule is CS(=O)(=O)c1ccc(C(=O)/C=C/c2c(-c3ccc(Cl)cc3)nc3ccccn23)cc1. The molecule has 0 bridgehead atoms. The number of halogens is 1. The molecule has 0 spiro atoms. The summed E-state index contributed by atoms with van der Waals surface area (Å²) in [5.41, 5.74) is 3.53. The first-order valence-corrected chi connectivity index (χ1v) is 11.4. The molecule has 5 nitrogen and oxygen atoms in total. The summed E-state index contributed by atoms with van der Waals surface area (Å²) in [6.45, 7) is 0. The van der Waals surface area contributed by atoms with Crippen LogP contribution in [0.25, 0.3) is 23.0 Å². The molecule has 4 rings (SSSR count). The van der Waals surface area contributed by atoms with E-state index < -0.39 is 9.84 Å². The Labute approximate surface area is 179 Å². The van der Waals surface area contributed by atoms with Crippen molar-refractivity contribution in [1.82, 2.24) is 9.38 Å². The van der Waals surface area contributed by atoms with Gasteiger partial charge < -0.3 is 0 Å². The van der Waals surface area contributed by atoms with Crippen LogP contribution in [0.3, 0.4) is 0 Å². The second kappa shape index (κ2) is 7.89. The number of aromatic nitrogens is 2. The van der Waals surface area contributed by atoms with E-state index in [0.29, 0.717) is 10.6 Å². The minimum Gasteiger partial charge on any atom is -0.300 e. The molecule has 150 valence electrons.